The Morgan fingerprint density at radius 2 is 1.42 bits per heavy atom. The number of hydrogen-bond donors (Lipinski definition) is 0. The quantitative estimate of drug-likeness (QED) is 0.645. The Morgan fingerprint density at radius 1 is 0.833 bits per heavy atom. The Labute approximate surface area is 142 Å². The zero-order valence-electron chi connectivity index (χ0n) is 13.3. The summed E-state index contributed by atoms with van der Waals surface area (Å²) in [5, 5.41) is 0. The van der Waals surface area contributed by atoms with Crippen LogP contribution >= 0.6 is 0 Å². The Kier molecular flexibility index (Phi) is 5.36. The highest BCUT2D eigenvalue weighted by atomic mass is 16.5. The van der Waals surface area contributed by atoms with E-state index in [0.717, 1.165) is 16.8 Å². The average Bonchev–Trinajstić information content (AvgIpc) is 2.65. The summed E-state index contributed by atoms with van der Waals surface area (Å²) < 4.78 is 5.54. The summed E-state index contributed by atoms with van der Waals surface area (Å²) in [4.78, 5) is 16.9. The predicted octanol–water partition coefficient (Wildman–Crippen LogP) is 4.00. The highest BCUT2D eigenvalue weighted by molar-refractivity contribution is 5.82. The number of esters is 1. The maximum Gasteiger partial charge on any atom is 0.317 e. The van der Waals surface area contributed by atoms with E-state index in [0.29, 0.717) is 13.0 Å². The standard InChI is InChI=1S/C21H19NO2/c23-21(24-16-14-19-13-7-8-15-22-19)20(17-9-3-1-4-10-17)18-11-5-2-6-12-18/h1-13,15,20H,14,16H2. The summed E-state index contributed by atoms with van der Waals surface area (Å²) >= 11 is 0. The fourth-order valence-corrected chi connectivity index (χ4v) is 2.64. The SMILES string of the molecule is O=C(OCCc1ccccn1)C(c1ccccc1)c1ccccc1. The molecule has 0 unspecified atom stereocenters. The summed E-state index contributed by atoms with van der Waals surface area (Å²) in [6.45, 7) is 0.325. The van der Waals surface area contributed by atoms with Gasteiger partial charge < -0.3 is 4.74 Å². The number of pyridine rings is 1. The predicted molar refractivity (Wildman–Crippen MR) is 93.6 cm³/mol. The second-order valence-corrected chi connectivity index (χ2v) is 5.49. The third-order valence-corrected chi connectivity index (χ3v) is 3.83. The Bertz CT molecular complexity index is 718. The van der Waals surface area contributed by atoms with Crippen LogP contribution in [0.15, 0.2) is 85.1 Å². The lowest BCUT2D eigenvalue weighted by Gasteiger charge is -2.17. The largest absolute Gasteiger partial charge is 0.465 e. The van der Waals surface area contributed by atoms with Gasteiger partial charge in [0.2, 0.25) is 0 Å². The minimum atomic E-state index is -0.406. The van der Waals surface area contributed by atoms with E-state index >= 15 is 0 Å². The topological polar surface area (TPSA) is 39.2 Å². The van der Waals surface area contributed by atoms with E-state index < -0.39 is 5.92 Å². The molecule has 0 spiro atoms. The lowest BCUT2D eigenvalue weighted by molar-refractivity contribution is -0.144. The van der Waals surface area contributed by atoms with Gasteiger partial charge in [-0.25, -0.2) is 0 Å². The molecular weight excluding hydrogens is 298 g/mol. The molecule has 0 amide bonds. The van der Waals surface area contributed by atoms with Crippen LogP contribution in [0, 0.1) is 0 Å². The summed E-state index contributed by atoms with van der Waals surface area (Å²) in [5.74, 6) is -0.639. The van der Waals surface area contributed by atoms with Crippen molar-refractivity contribution in [2.24, 2.45) is 0 Å². The molecule has 120 valence electrons. The van der Waals surface area contributed by atoms with Gasteiger partial charge in [0.1, 0.15) is 5.92 Å². The smallest absolute Gasteiger partial charge is 0.317 e. The van der Waals surface area contributed by atoms with Crippen molar-refractivity contribution in [2.45, 2.75) is 12.3 Å². The van der Waals surface area contributed by atoms with Crippen LogP contribution in [-0.2, 0) is 16.0 Å². The molecule has 3 heteroatoms. The van der Waals surface area contributed by atoms with Crippen LogP contribution in [0.5, 0.6) is 0 Å². The van der Waals surface area contributed by atoms with Crippen LogP contribution in [0.2, 0.25) is 0 Å². The normalized spacial score (nSPS) is 10.5. The fourth-order valence-electron chi connectivity index (χ4n) is 2.64. The molecule has 0 aliphatic carbocycles. The first kappa shape index (κ1) is 15.9. The van der Waals surface area contributed by atoms with E-state index in [2.05, 4.69) is 4.98 Å². The first-order valence-corrected chi connectivity index (χ1v) is 8.01. The van der Waals surface area contributed by atoms with E-state index in [4.69, 9.17) is 4.74 Å². The van der Waals surface area contributed by atoms with E-state index in [1.54, 1.807) is 6.20 Å². The summed E-state index contributed by atoms with van der Waals surface area (Å²) in [5.41, 5.74) is 2.79. The van der Waals surface area contributed by atoms with Gasteiger partial charge in [0.15, 0.2) is 0 Å². The van der Waals surface area contributed by atoms with Crippen LogP contribution in [0.25, 0.3) is 0 Å². The lowest BCUT2D eigenvalue weighted by Crippen LogP contribution is -2.18. The minimum absolute atomic E-state index is 0.233. The third kappa shape index (κ3) is 4.07. The Morgan fingerprint density at radius 3 is 1.96 bits per heavy atom. The molecule has 0 saturated carbocycles. The van der Waals surface area contributed by atoms with Gasteiger partial charge in [-0.1, -0.05) is 66.7 Å². The van der Waals surface area contributed by atoms with Gasteiger partial charge in [-0.05, 0) is 23.3 Å². The molecule has 1 aromatic heterocycles. The van der Waals surface area contributed by atoms with Crippen LogP contribution in [0.1, 0.15) is 22.7 Å². The maximum absolute atomic E-state index is 12.7. The van der Waals surface area contributed by atoms with E-state index in [-0.39, 0.29) is 5.97 Å². The number of aromatic nitrogens is 1. The van der Waals surface area contributed by atoms with E-state index in [1.807, 2.05) is 78.9 Å². The first-order valence-electron chi connectivity index (χ1n) is 8.01. The minimum Gasteiger partial charge on any atom is -0.465 e. The van der Waals surface area contributed by atoms with Gasteiger partial charge in [0.05, 0.1) is 6.61 Å². The second-order valence-electron chi connectivity index (χ2n) is 5.49. The highest BCUT2D eigenvalue weighted by Gasteiger charge is 2.23. The number of ether oxygens (including phenoxy) is 1. The van der Waals surface area contributed by atoms with Crippen molar-refractivity contribution < 1.29 is 9.53 Å². The number of rotatable bonds is 6. The summed E-state index contributed by atoms with van der Waals surface area (Å²) in [6.07, 6.45) is 2.36. The van der Waals surface area contributed by atoms with Crippen LogP contribution < -0.4 is 0 Å². The zero-order chi connectivity index (χ0) is 16.6. The van der Waals surface area contributed by atoms with Gasteiger partial charge in [0, 0.05) is 18.3 Å². The van der Waals surface area contributed by atoms with Crippen molar-refractivity contribution in [1.82, 2.24) is 4.98 Å². The van der Waals surface area contributed by atoms with E-state index in [9.17, 15) is 4.79 Å². The van der Waals surface area contributed by atoms with Gasteiger partial charge in [0.25, 0.3) is 0 Å². The van der Waals surface area contributed by atoms with Crippen molar-refractivity contribution in [3.63, 3.8) is 0 Å². The Hall–Kier alpha value is -2.94. The lowest BCUT2D eigenvalue weighted by atomic mass is 9.91. The summed E-state index contributed by atoms with van der Waals surface area (Å²) in [6, 6.07) is 25.2. The molecule has 0 bridgehead atoms. The number of nitrogens with zero attached hydrogens (tertiary/aromatic N) is 1. The van der Waals surface area contributed by atoms with Crippen molar-refractivity contribution in [1.29, 1.82) is 0 Å². The van der Waals surface area contributed by atoms with Crippen molar-refractivity contribution in [2.75, 3.05) is 6.61 Å². The molecule has 24 heavy (non-hydrogen) atoms. The van der Waals surface area contributed by atoms with Gasteiger partial charge in [-0.2, -0.15) is 0 Å². The first-order chi connectivity index (χ1) is 11.8. The van der Waals surface area contributed by atoms with Crippen LogP contribution in [-0.4, -0.2) is 17.6 Å². The van der Waals surface area contributed by atoms with Gasteiger partial charge >= 0.3 is 5.97 Å². The monoisotopic (exact) mass is 317 g/mol. The number of benzene rings is 2. The van der Waals surface area contributed by atoms with Crippen molar-refractivity contribution >= 4 is 5.97 Å². The van der Waals surface area contributed by atoms with Crippen molar-refractivity contribution in [3.05, 3.63) is 102 Å². The maximum atomic E-state index is 12.7. The molecule has 0 radical (unpaired) electrons. The fraction of sp³-hybridized carbons (Fsp3) is 0.143. The van der Waals surface area contributed by atoms with Crippen LogP contribution in [0.4, 0.5) is 0 Å². The molecule has 3 rings (SSSR count). The molecule has 0 aliphatic heterocycles. The highest BCUT2D eigenvalue weighted by Crippen LogP contribution is 2.25. The number of carbonyl (C=O) groups is 1. The van der Waals surface area contributed by atoms with Gasteiger partial charge in [-0.3, -0.25) is 9.78 Å². The van der Waals surface area contributed by atoms with Gasteiger partial charge in [-0.15, -0.1) is 0 Å². The molecule has 0 N–H and O–H groups in total. The molecule has 0 fully saturated rings. The molecular formula is C21H19NO2. The molecule has 0 atom stereocenters. The molecule has 0 saturated heterocycles. The number of hydrogen-bond acceptors (Lipinski definition) is 3. The third-order valence-electron chi connectivity index (χ3n) is 3.83. The van der Waals surface area contributed by atoms with Crippen molar-refractivity contribution in [3.8, 4) is 0 Å². The molecule has 3 nitrogen and oxygen atoms in total. The molecule has 2 aromatic carbocycles. The second kappa shape index (κ2) is 8.06. The van der Waals surface area contributed by atoms with E-state index in [1.165, 1.54) is 0 Å². The van der Waals surface area contributed by atoms with Crippen LogP contribution in [0.3, 0.4) is 0 Å². The average molecular weight is 317 g/mol. The number of carbonyl (C=O) groups excluding carboxylic acids is 1. The Balaban J connectivity index is 1.72. The molecule has 3 aromatic rings. The zero-order valence-corrected chi connectivity index (χ0v) is 13.3. The summed E-state index contributed by atoms with van der Waals surface area (Å²) in [7, 11) is 0. The molecule has 1 heterocycles. The molecule has 0 aliphatic rings.